The second-order valence-electron chi connectivity index (χ2n) is 10.5. The third-order valence-corrected chi connectivity index (χ3v) is 7.42. The minimum absolute atomic E-state index is 0.0645. The summed E-state index contributed by atoms with van der Waals surface area (Å²) in [5.74, 6) is -0.920. The van der Waals surface area contributed by atoms with E-state index >= 15 is 0 Å². The summed E-state index contributed by atoms with van der Waals surface area (Å²) in [6.07, 6.45) is 2.78. The third-order valence-electron chi connectivity index (χ3n) is 7.42. The molecule has 0 aromatic heterocycles. The van der Waals surface area contributed by atoms with E-state index in [2.05, 4.69) is 0 Å². The number of ketones is 2. The van der Waals surface area contributed by atoms with Crippen LogP contribution in [0, 0.1) is 13.8 Å². The lowest BCUT2D eigenvalue weighted by atomic mass is 9.86. The van der Waals surface area contributed by atoms with E-state index in [0.29, 0.717) is 16.7 Å². The van der Waals surface area contributed by atoms with Crippen LogP contribution in [0.25, 0.3) is 6.08 Å². The predicted octanol–water partition coefficient (Wildman–Crippen LogP) is 6.10. The highest BCUT2D eigenvalue weighted by Crippen LogP contribution is 2.53. The van der Waals surface area contributed by atoms with E-state index in [4.69, 9.17) is 9.47 Å². The van der Waals surface area contributed by atoms with Gasteiger partial charge in [0.05, 0.1) is 17.5 Å². The van der Waals surface area contributed by atoms with E-state index in [1.807, 2.05) is 44.2 Å². The molecule has 3 aromatic rings. The molecule has 0 saturated heterocycles. The summed E-state index contributed by atoms with van der Waals surface area (Å²) in [5.41, 5.74) is 1.91. The van der Waals surface area contributed by atoms with Crippen molar-refractivity contribution in [3.63, 3.8) is 0 Å². The van der Waals surface area contributed by atoms with Gasteiger partial charge in [0.15, 0.2) is 11.6 Å². The Morgan fingerprint density at radius 2 is 1.66 bits per heavy atom. The standard InChI is InChI=1S/C31H30O7/c1-15-16(2)26(34)20(28(36)24(15)17(3)32)13-21-27(35)19-11-12-31(4,5)38-30(19)25-22(33)14-23(37-29(21)25)18-9-7-6-8-10-18/h6-12,23,34-36H,13-14H2,1-5H3/t23-/m1/s1. The van der Waals surface area contributed by atoms with Crippen LogP contribution in [0.3, 0.4) is 0 Å². The predicted molar refractivity (Wildman–Crippen MR) is 143 cm³/mol. The maximum atomic E-state index is 13.6. The Hall–Kier alpha value is -4.26. The van der Waals surface area contributed by atoms with Gasteiger partial charge in [0.25, 0.3) is 0 Å². The molecule has 0 unspecified atom stereocenters. The molecular formula is C31H30O7. The number of phenolic OH excluding ortho intramolecular Hbond substituents is 3. The zero-order valence-corrected chi connectivity index (χ0v) is 22.0. The van der Waals surface area contributed by atoms with Crippen molar-refractivity contribution >= 4 is 17.6 Å². The smallest absolute Gasteiger partial charge is 0.174 e. The van der Waals surface area contributed by atoms with Gasteiger partial charge in [0, 0.05) is 17.5 Å². The molecule has 2 heterocycles. The van der Waals surface area contributed by atoms with Gasteiger partial charge in [-0.15, -0.1) is 0 Å². The Morgan fingerprint density at radius 1 is 0.974 bits per heavy atom. The maximum absolute atomic E-state index is 13.6. The molecule has 1 atom stereocenters. The van der Waals surface area contributed by atoms with Gasteiger partial charge in [0.1, 0.15) is 46.0 Å². The normalized spacial score (nSPS) is 17.3. The van der Waals surface area contributed by atoms with Crippen molar-refractivity contribution < 1.29 is 34.4 Å². The fraction of sp³-hybridized carbons (Fsp3) is 0.290. The lowest BCUT2D eigenvalue weighted by Gasteiger charge is -2.35. The van der Waals surface area contributed by atoms with Crippen molar-refractivity contribution in [3.8, 4) is 28.7 Å². The van der Waals surface area contributed by atoms with Gasteiger partial charge in [-0.2, -0.15) is 0 Å². The van der Waals surface area contributed by atoms with E-state index in [1.54, 1.807) is 26.0 Å². The Morgan fingerprint density at radius 3 is 2.32 bits per heavy atom. The summed E-state index contributed by atoms with van der Waals surface area (Å²) in [6.45, 7) is 8.35. The molecular weight excluding hydrogens is 484 g/mol. The lowest BCUT2D eigenvalue weighted by Crippen LogP contribution is -2.30. The van der Waals surface area contributed by atoms with Gasteiger partial charge in [-0.25, -0.2) is 0 Å². The molecule has 7 nitrogen and oxygen atoms in total. The molecule has 0 amide bonds. The molecule has 3 N–H and O–H groups in total. The minimum Gasteiger partial charge on any atom is -0.507 e. The van der Waals surface area contributed by atoms with Crippen molar-refractivity contribution in [3.05, 3.63) is 80.9 Å². The molecule has 0 bridgehead atoms. The summed E-state index contributed by atoms with van der Waals surface area (Å²) >= 11 is 0. The van der Waals surface area contributed by atoms with Crippen LogP contribution in [0.15, 0.2) is 36.4 Å². The van der Waals surface area contributed by atoms with E-state index in [-0.39, 0.29) is 75.4 Å². The number of Topliss-reactive ketones (excluding diaryl/α,β-unsaturated/α-hetero) is 2. The summed E-state index contributed by atoms with van der Waals surface area (Å²) < 4.78 is 12.6. The first kappa shape index (κ1) is 25.4. The highest BCUT2D eigenvalue weighted by Gasteiger charge is 2.39. The second-order valence-corrected chi connectivity index (χ2v) is 10.5. The maximum Gasteiger partial charge on any atom is 0.174 e. The van der Waals surface area contributed by atoms with Crippen LogP contribution in [0.2, 0.25) is 0 Å². The first-order valence-corrected chi connectivity index (χ1v) is 12.5. The zero-order chi connectivity index (χ0) is 27.5. The Balaban J connectivity index is 1.76. The number of hydrogen-bond acceptors (Lipinski definition) is 7. The molecule has 0 saturated carbocycles. The Kier molecular flexibility index (Phi) is 5.97. The van der Waals surface area contributed by atoms with E-state index < -0.39 is 11.7 Å². The number of fused-ring (bicyclic) bond motifs is 3. The summed E-state index contributed by atoms with van der Waals surface area (Å²) in [5, 5.41) is 33.6. The van der Waals surface area contributed by atoms with Crippen molar-refractivity contribution in [2.75, 3.05) is 0 Å². The van der Waals surface area contributed by atoms with Gasteiger partial charge >= 0.3 is 0 Å². The number of ether oxygens (including phenoxy) is 2. The van der Waals surface area contributed by atoms with E-state index in [0.717, 1.165) is 5.56 Å². The van der Waals surface area contributed by atoms with Gasteiger partial charge in [0.2, 0.25) is 0 Å². The fourth-order valence-corrected chi connectivity index (χ4v) is 5.27. The molecule has 196 valence electrons. The molecule has 7 heteroatoms. The summed E-state index contributed by atoms with van der Waals surface area (Å²) in [7, 11) is 0. The monoisotopic (exact) mass is 514 g/mol. The van der Waals surface area contributed by atoms with Gasteiger partial charge in [-0.05, 0) is 63.5 Å². The van der Waals surface area contributed by atoms with Crippen LogP contribution >= 0.6 is 0 Å². The number of carbonyl (C=O) groups excluding carboxylic acids is 2. The van der Waals surface area contributed by atoms with Crippen LogP contribution in [-0.2, 0) is 6.42 Å². The first-order chi connectivity index (χ1) is 17.9. The minimum atomic E-state index is -0.716. The van der Waals surface area contributed by atoms with Crippen LogP contribution in [0.1, 0.15) is 87.4 Å². The second kappa shape index (κ2) is 8.94. The molecule has 3 aromatic carbocycles. The topological polar surface area (TPSA) is 113 Å². The average molecular weight is 515 g/mol. The molecule has 0 fully saturated rings. The highest BCUT2D eigenvalue weighted by molar-refractivity contribution is 6.05. The van der Waals surface area contributed by atoms with E-state index in [1.165, 1.54) is 6.92 Å². The van der Waals surface area contributed by atoms with Crippen LogP contribution in [-0.4, -0.2) is 32.5 Å². The third kappa shape index (κ3) is 3.99. The summed E-state index contributed by atoms with van der Waals surface area (Å²) in [4.78, 5) is 26.0. The van der Waals surface area contributed by atoms with Gasteiger partial charge < -0.3 is 24.8 Å². The van der Waals surface area contributed by atoms with Gasteiger partial charge in [-0.3, -0.25) is 9.59 Å². The molecule has 0 aliphatic carbocycles. The van der Waals surface area contributed by atoms with Crippen molar-refractivity contribution in [1.29, 1.82) is 0 Å². The SMILES string of the molecule is CC(=O)c1c(C)c(C)c(O)c(Cc2c(O)c3c(c4c2O[C@@H](c2ccccc2)CC4=O)OC(C)(C)C=C3)c1O. The highest BCUT2D eigenvalue weighted by atomic mass is 16.5. The Bertz CT molecular complexity index is 1530. The number of hydrogen-bond donors (Lipinski definition) is 3. The average Bonchev–Trinajstić information content (AvgIpc) is 2.86. The molecule has 0 spiro atoms. The largest absolute Gasteiger partial charge is 0.507 e. The first-order valence-electron chi connectivity index (χ1n) is 12.5. The van der Waals surface area contributed by atoms with Crippen LogP contribution in [0.4, 0.5) is 0 Å². The van der Waals surface area contributed by atoms with Gasteiger partial charge in [-0.1, -0.05) is 30.3 Å². The molecule has 2 aliphatic rings. The molecule has 2 aliphatic heterocycles. The fourth-order valence-electron chi connectivity index (χ4n) is 5.27. The van der Waals surface area contributed by atoms with Crippen molar-refractivity contribution in [1.82, 2.24) is 0 Å². The molecule has 5 rings (SSSR count). The Labute approximate surface area is 221 Å². The number of aromatic hydroxyl groups is 3. The molecule has 0 radical (unpaired) electrons. The quantitative estimate of drug-likeness (QED) is 0.360. The van der Waals surface area contributed by atoms with Crippen LogP contribution in [0.5, 0.6) is 28.7 Å². The number of benzene rings is 3. The van der Waals surface area contributed by atoms with Crippen LogP contribution < -0.4 is 9.47 Å². The van der Waals surface area contributed by atoms with Crippen molar-refractivity contribution in [2.24, 2.45) is 0 Å². The zero-order valence-electron chi connectivity index (χ0n) is 22.0. The van der Waals surface area contributed by atoms with E-state index in [9.17, 15) is 24.9 Å². The number of phenols is 3. The molecule has 38 heavy (non-hydrogen) atoms. The van der Waals surface area contributed by atoms with Crippen molar-refractivity contribution in [2.45, 2.75) is 59.2 Å². The number of rotatable bonds is 4. The lowest BCUT2D eigenvalue weighted by molar-refractivity contribution is 0.0825. The number of carbonyl (C=O) groups is 2. The summed E-state index contributed by atoms with van der Waals surface area (Å²) in [6, 6.07) is 9.31.